The molecule has 0 spiro atoms. The van der Waals surface area contributed by atoms with Gasteiger partial charge in [-0.25, -0.2) is 0 Å². The fraction of sp³-hybridized carbons (Fsp3) is 0.500. The van der Waals surface area contributed by atoms with Crippen LogP contribution < -0.4 is 0 Å². The van der Waals surface area contributed by atoms with Crippen LogP contribution in [0.15, 0.2) is 36.0 Å². The van der Waals surface area contributed by atoms with Crippen LogP contribution in [-0.2, 0) is 4.74 Å². The Balaban J connectivity index is 1.91. The summed E-state index contributed by atoms with van der Waals surface area (Å²) in [5, 5.41) is 0. The maximum absolute atomic E-state index is 6.00. The van der Waals surface area contributed by atoms with Crippen molar-refractivity contribution < 1.29 is 4.74 Å². The van der Waals surface area contributed by atoms with Crippen molar-refractivity contribution in [1.82, 2.24) is 4.98 Å². The standard InChI is InChI=1S/C14H17NO/c1-10-5-6-11-8-12(10)14(16-9-11)13-4-2-3-7-15-13/h2-5,7,11-12,14H,6,8-9H2,1H3/t11-,12+,14-/m1/s1. The first-order valence-electron chi connectivity index (χ1n) is 6.04. The van der Waals surface area contributed by atoms with Gasteiger partial charge in [0.2, 0.25) is 0 Å². The zero-order valence-corrected chi connectivity index (χ0v) is 9.60. The van der Waals surface area contributed by atoms with E-state index in [0.717, 1.165) is 18.2 Å². The van der Waals surface area contributed by atoms with E-state index in [1.165, 1.54) is 18.4 Å². The molecule has 2 bridgehead atoms. The Labute approximate surface area is 96.3 Å². The third-order valence-corrected chi connectivity index (χ3v) is 3.80. The Morgan fingerprint density at radius 3 is 3.12 bits per heavy atom. The number of pyridine rings is 1. The predicted octanol–water partition coefficient (Wildman–Crippen LogP) is 3.13. The van der Waals surface area contributed by atoms with E-state index >= 15 is 0 Å². The van der Waals surface area contributed by atoms with Gasteiger partial charge in [-0.15, -0.1) is 0 Å². The molecule has 0 amide bonds. The molecule has 84 valence electrons. The molecule has 0 aromatic carbocycles. The van der Waals surface area contributed by atoms with Gasteiger partial charge in [-0.2, -0.15) is 0 Å². The number of fused-ring (bicyclic) bond motifs is 2. The second-order valence-corrected chi connectivity index (χ2v) is 4.90. The monoisotopic (exact) mass is 215 g/mol. The number of allylic oxidation sites excluding steroid dienone is 1. The number of hydrogen-bond donors (Lipinski definition) is 0. The number of nitrogens with zero attached hydrogens (tertiary/aromatic N) is 1. The Morgan fingerprint density at radius 1 is 1.38 bits per heavy atom. The van der Waals surface area contributed by atoms with Gasteiger partial charge in [0.05, 0.1) is 12.3 Å². The Bertz CT molecular complexity index is 398. The third kappa shape index (κ3) is 1.67. The van der Waals surface area contributed by atoms with E-state index < -0.39 is 0 Å². The molecule has 0 saturated carbocycles. The van der Waals surface area contributed by atoms with Crippen molar-refractivity contribution in [3.8, 4) is 0 Å². The summed E-state index contributed by atoms with van der Waals surface area (Å²) in [7, 11) is 0. The van der Waals surface area contributed by atoms with Gasteiger partial charge in [0.25, 0.3) is 0 Å². The maximum atomic E-state index is 6.00. The fourth-order valence-corrected chi connectivity index (χ4v) is 2.84. The van der Waals surface area contributed by atoms with Crippen molar-refractivity contribution in [2.24, 2.45) is 11.8 Å². The SMILES string of the molecule is CC1=CC[C@H]2CO[C@@H](c3ccccn3)[C@H]1C2. The highest BCUT2D eigenvalue weighted by Crippen LogP contribution is 2.43. The molecular formula is C14H17NO. The van der Waals surface area contributed by atoms with Crippen LogP contribution in [0.3, 0.4) is 0 Å². The lowest BCUT2D eigenvalue weighted by Gasteiger charge is -2.39. The molecule has 3 rings (SSSR count). The summed E-state index contributed by atoms with van der Waals surface area (Å²) < 4.78 is 6.00. The third-order valence-electron chi connectivity index (χ3n) is 3.80. The van der Waals surface area contributed by atoms with E-state index in [1.54, 1.807) is 0 Å². The zero-order chi connectivity index (χ0) is 11.0. The summed E-state index contributed by atoms with van der Waals surface area (Å²) in [6, 6.07) is 6.07. The van der Waals surface area contributed by atoms with Crippen LogP contribution >= 0.6 is 0 Å². The highest BCUT2D eigenvalue weighted by Gasteiger charge is 2.35. The van der Waals surface area contributed by atoms with E-state index in [2.05, 4.69) is 24.1 Å². The largest absolute Gasteiger partial charge is 0.371 e. The summed E-state index contributed by atoms with van der Waals surface area (Å²) in [6.07, 6.45) is 6.87. The van der Waals surface area contributed by atoms with E-state index in [9.17, 15) is 0 Å². The molecule has 1 aromatic heterocycles. The molecule has 2 heteroatoms. The molecule has 1 aromatic rings. The van der Waals surface area contributed by atoms with E-state index in [-0.39, 0.29) is 6.10 Å². The van der Waals surface area contributed by atoms with Crippen molar-refractivity contribution in [3.05, 3.63) is 41.7 Å². The molecule has 2 nitrogen and oxygen atoms in total. The van der Waals surface area contributed by atoms with Gasteiger partial charge in [0.1, 0.15) is 6.10 Å². The molecule has 1 aliphatic heterocycles. The Morgan fingerprint density at radius 2 is 2.31 bits per heavy atom. The first kappa shape index (κ1) is 10.0. The topological polar surface area (TPSA) is 22.1 Å². The van der Waals surface area contributed by atoms with Gasteiger partial charge >= 0.3 is 0 Å². The van der Waals surface area contributed by atoms with Crippen LogP contribution in [0.4, 0.5) is 0 Å². The molecule has 3 atom stereocenters. The molecule has 2 heterocycles. The van der Waals surface area contributed by atoms with Crippen LogP contribution in [0.5, 0.6) is 0 Å². The van der Waals surface area contributed by atoms with Gasteiger partial charge in [-0.1, -0.05) is 17.7 Å². The van der Waals surface area contributed by atoms with Gasteiger partial charge < -0.3 is 4.74 Å². The van der Waals surface area contributed by atoms with Gasteiger partial charge in [0, 0.05) is 12.1 Å². The molecule has 1 aliphatic carbocycles. The van der Waals surface area contributed by atoms with Crippen LogP contribution in [0.1, 0.15) is 31.6 Å². The quantitative estimate of drug-likeness (QED) is 0.671. The normalized spacial score (nSPS) is 33.3. The molecule has 1 saturated heterocycles. The minimum atomic E-state index is 0.175. The van der Waals surface area contributed by atoms with Gasteiger partial charge in [0.15, 0.2) is 0 Å². The number of aromatic nitrogens is 1. The van der Waals surface area contributed by atoms with Crippen LogP contribution in [0, 0.1) is 11.8 Å². The number of rotatable bonds is 1. The van der Waals surface area contributed by atoms with E-state index in [4.69, 9.17) is 4.74 Å². The maximum Gasteiger partial charge on any atom is 0.106 e. The molecule has 2 aliphatic rings. The summed E-state index contributed by atoms with van der Waals surface area (Å²) in [6.45, 7) is 3.12. The second kappa shape index (κ2) is 4.02. The first-order chi connectivity index (χ1) is 7.84. The Hall–Kier alpha value is -1.15. The van der Waals surface area contributed by atoms with Crippen molar-refractivity contribution in [1.29, 1.82) is 0 Å². The molecular weight excluding hydrogens is 198 g/mol. The number of hydrogen-bond acceptors (Lipinski definition) is 2. The number of ether oxygens (including phenoxy) is 1. The lowest BCUT2D eigenvalue weighted by molar-refractivity contribution is -0.0534. The highest BCUT2D eigenvalue weighted by atomic mass is 16.5. The average Bonchev–Trinajstić information content (AvgIpc) is 2.36. The highest BCUT2D eigenvalue weighted by molar-refractivity contribution is 5.18. The zero-order valence-electron chi connectivity index (χ0n) is 9.60. The van der Waals surface area contributed by atoms with Crippen LogP contribution in [0.25, 0.3) is 0 Å². The average molecular weight is 215 g/mol. The molecule has 0 N–H and O–H groups in total. The fourth-order valence-electron chi connectivity index (χ4n) is 2.84. The van der Waals surface area contributed by atoms with Crippen LogP contribution in [-0.4, -0.2) is 11.6 Å². The minimum absolute atomic E-state index is 0.175. The van der Waals surface area contributed by atoms with E-state index in [0.29, 0.717) is 5.92 Å². The van der Waals surface area contributed by atoms with Crippen molar-refractivity contribution in [2.75, 3.05) is 6.61 Å². The van der Waals surface area contributed by atoms with Crippen molar-refractivity contribution in [2.45, 2.75) is 25.9 Å². The van der Waals surface area contributed by atoms with E-state index in [1.807, 2.05) is 18.3 Å². The smallest absolute Gasteiger partial charge is 0.106 e. The Kier molecular flexibility index (Phi) is 2.52. The van der Waals surface area contributed by atoms with Gasteiger partial charge in [-0.3, -0.25) is 4.98 Å². The molecule has 1 fully saturated rings. The molecule has 0 unspecified atom stereocenters. The first-order valence-corrected chi connectivity index (χ1v) is 6.04. The summed E-state index contributed by atoms with van der Waals surface area (Å²) in [5.74, 6) is 1.27. The van der Waals surface area contributed by atoms with Crippen molar-refractivity contribution >= 4 is 0 Å². The molecule has 16 heavy (non-hydrogen) atoms. The summed E-state index contributed by atoms with van der Waals surface area (Å²) >= 11 is 0. The molecule has 0 radical (unpaired) electrons. The lowest BCUT2D eigenvalue weighted by atomic mass is 9.76. The second-order valence-electron chi connectivity index (χ2n) is 4.90. The van der Waals surface area contributed by atoms with Crippen molar-refractivity contribution in [3.63, 3.8) is 0 Å². The van der Waals surface area contributed by atoms with Gasteiger partial charge in [-0.05, 0) is 37.8 Å². The summed E-state index contributed by atoms with van der Waals surface area (Å²) in [4.78, 5) is 4.43. The lowest BCUT2D eigenvalue weighted by Crippen LogP contribution is -2.32. The van der Waals surface area contributed by atoms with Crippen LogP contribution in [0.2, 0.25) is 0 Å². The summed E-state index contributed by atoms with van der Waals surface area (Å²) in [5.41, 5.74) is 2.56. The predicted molar refractivity (Wildman–Crippen MR) is 62.9 cm³/mol. The minimum Gasteiger partial charge on any atom is -0.371 e.